The van der Waals surface area contributed by atoms with E-state index >= 15 is 0 Å². The predicted octanol–water partition coefficient (Wildman–Crippen LogP) is -0.991. The molecule has 4 rings (SSSR count). The minimum Gasteiger partial charge on any atom is -0.543 e. The molecule has 29 heavy (non-hydrogen) atoms. The van der Waals surface area contributed by atoms with Crippen LogP contribution in [-0.4, -0.2) is 59.9 Å². The van der Waals surface area contributed by atoms with Gasteiger partial charge in [-0.2, -0.15) is 0 Å². The molecule has 1 saturated heterocycles. The van der Waals surface area contributed by atoms with Gasteiger partial charge < -0.3 is 15.2 Å². The van der Waals surface area contributed by atoms with Gasteiger partial charge in [0.25, 0.3) is 5.91 Å². The van der Waals surface area contributed by atoms with Crippen LogP contribution in [0.15, 0.2) is 41.0 Å². The van der Waals surface area contributed by atoms with Crippen molar-refractivity contribution in [2.45, 2.75) is 30.0 Å². The van der Waals surface area contributed by atoms with Crippen LogP contribution >= 0.6 is 23.5 Å². The Bertz CT molecular complexity index is 976. The summed E-state index contributed by atoms with van der Waals surface area (Å²) in [6.45, 7) is 2.91. The lowest BCUT2D eigenvalue weighted by atomic mass is 10.0. The molecule has 0 aliphatic carbocycles. The molecule has 0 bridgehead atoms. The molecule has 4 heterocycles. The molecule has 2 aliphatic heterocycles. The van der Waals surface area contributed by atoms with Gasteiger partial charge in [-0.3, -0.25) is 9.69 Å². The topological polar surface area (TPSA) is 120 Å². The van der Waals surface area contributed by atoms with Crippen LogP contribution in [0.5, 0.6) is 0 Å². The van der Waals surface area contributed by atoms with E-state index < -0.39 is 12.0 Å². The number of anilines is 1. The number of aryl methyl sites for hydroxylation is 2. The Hall–Kier alpha value is -2.60. The zero-order valence-corrected chi connectivity index (χ0v) is 17.4. The number of fused-ring (bicyclic) bond motifs is 1. The summed E-state index contributed by atoms with van der Waals surface area (Å²) in [5.41, 5.74) is 1.43. The van der Waals surface area contributed by atoms with Crippen molar-refractivity contribution >= 4 is 41.1 Å². The molecule has 0 saturated carbocycles. The maximum atomic E-state index is 12.7. The highest BCUT2D eigenvalue weighted by atomic mass is 32.2. The summed E-state index contributed by atoms with van der Waals surface area (Å²) in [6.07, 6.45) is 3.86. The average molecular weight is 434 g/mol. The van der Waals surface area contributed by atoms with Gasteiger partial charge in [0.15, 0.2) is 12.4 Å². The molecule has 10 nitrogen and oxygen atoms in total. The second-order valence-corrected chi connectivity index (χ2v) is 8.61. The van der Waals surface area contributed by atoms with Crippen molar-refractivity contribution in [3.8, 4) is 0 Å². The lowest BCUT2D eigenvalue weighted by molar-refractivity contribution is -0.693. The highest BCUT2D eigenvalue weighted by Crippen LogP contribution is 2.42. The quantitative estimate of drug-likeness (QED) is 0.333. The van der Waals surface area contributed by atoms with Crippen LogP contribution in [0, 0.1) is 0 Å². The number of hydrogen-bond acceptors (Lipinski definition) is 9. The molecule has 1 N–H and O–H groups in total. The second kappa shape index (κ2) is 8.03. The molecule has 2 aliphatic rings. The number of carboxylic acid groups (broad SMARTS) is 1. The fraction of sp³-hybridized carbons (Fsp3) is 0.412. The standard InChI is InChI=1S/C17H19N7O3S2/c1-3-23-6-4-11(5-7-23)18-12-14(25)24-13(16(26)27)10(8-28-15(12)24)9-29-17-19-20-21-22(17)2/h4-7,12,15H,3,8-9H2,1-2H3,(H,26,27)/t12-,15-/m1/s1. The number of aliphatic carboxylic acids is 1. The van der Waals surface area contributed by atoms with Crippen LogP contribution in [-0.2, 0) is 23.2 Å². The Balaban J connectivity index is 1.49. The molecular weight excluding hydrogens is 414 g/mol. The Morgan fingerprint density at radius 2 is 2.21 bits per heavy atom. The molecule has 152 valence electrons. The summed E-state index contributed by atoms with van der Waals surface area (Å²) in [4.78, 5) is 25.9. The molecule has 0 spiro atoms. The maximum absolute atomic E-state index is 12.7. The number of tetrazole rings is 1. The first-order valence-electron chi connectivity index (χ1n) is 8.98. The monoisotopic (exact) mass is 433 g/mol. The zero-order valence-electron chi connectivity index (χ0n) is 15.8. The van der Waals surface area contributed by atoms with Crippen LogP contribution in [0.3, 0.4) is 0 Å². The van der Waals surface area contributed by atoms with Gasteiger partial charge in [0.1, 0.15) is 18.0 Å². The lowest BCUT2D eigenvalue weighted by Gasteiger charge is -2.51. The molecule has 0 radical (unpaired) electrons. The van der Waals surface area contributed by atoms with E-state index in [1.54, 1.807) is 7.05 Å². The predicted molar refractivity (Wildman–Crippen MR) is 104 cm³/mol. The van der Waals surface area contributed by atoms with E-state index in [0.717, 1.165) is 12.2 Å². The van der Waals surface area contributed by atoms with E-state index in [2.05, 4.69) is 20.8 Å². The SMILES string of the molecule is CC[n+]1ccc(N[C@@H]2C(=O)N3C(C(=O)[O-])=C(CSc4nnnn4C)CS[C@H]23)cc1. The third-order valence-corrected chi connectivity index (χ3v) is 7.21. The lowest BCUT2D eigenvalue weighted by Crippen LogP contribution is -2.68. The summed E-state index contributed by atoms with van der Waals surface area (Å²) < 4.78 is 3.53. The fourth-order valence-corrected chi connectivity index (χ4v) is 5.56. The first kappa shape index (κ1) is 19.7. The number of aromatic nitrogens is 5. The van der Waals surface area contributed by atoms with E-state index in [1.807, 2.05) is 36.0 Å². The molecular formula is C17H19N7O3S2. The number of amides is 1. The number of nitrogens with zero attached hydrogens (tertiary/aromatic N) is 6. The van der Waals surface area contributed by atoms with E-state index in [1.165, 1.54) is 33.1 Å². The minimum absolute atomic E-state index is 0.0312. The Labute approximate surface area is 175 Å². The van der Waals surface area contributed by atoms with Crippen molar-refractivity contribution in [3.63, 3.8) is 0 Å². The van der Waals surface area contributed by atoms with Crippen LogP contribution < -0.4 is 15.0 Å². The summed E-state index contributed by atoms with van der Waals surface area (Å²) in [6, 6.07) is 3.34. The van der Waals surface area contributed by atoms with Gasteiger partial charge in [0.05, 0.1) is 11.7 Å². The largest absolute Gasteiger partial charge is 0.543 e. The average Bonchev–Trinajstić information content (AvgIpc) is 3.14. The van der Waals surface area contributed by atoms with Crippen molar-refractivity contribution < 1.29 is 19.3 Å². The normalized spacial score (nSPS) is 21.0. The summed E-state index contributed by atoms with van der Waals surface area (Å²) in [7, 11) is 1.71. The highest BCUT2D eigenvalue weighted by Gasteiger charge is 2.52. The van der Waals surface area contributed by atoms with Gasteiger partial charge in [0.2, 0.25) is 5.16 Å². The Kier molecular flexibility index (Phi) is 5.46. The number of rotatable bonds is 7. The molecule has 0 aromatic carbocycles. The van der Waals surface area contributed by atoms with Gasteiger partial charge in [-0.15, -0.1) is 16.9 Å². The van der Waals surface area contributed by atoms with Crippen LogP contribution in [0.25, 0.3) is 0 Å². The number of carbonyl (C=O) groups is 2. The highest BCUT2D eigenvalue weighted by molar-refractivity contribution is 8.01. The smallest absolute Gasteiger partial charge is 0.253 e. The fourth-order valence-electron chi connectivity index (χ4n) is 3.22. The first-order valence-corrected chi connectivity index (χ1v) is 11.0. The second-order valence-electron chi connectivity index (χ2n) is 6.56. The van der Waals surface area contributed by atoms with Crippen molar-refractivity contribution in [1.29, 1.82) is 0 Å². The zero-order chi connectivity index (χ0) is 20.5. The summed E-state index contributed by atoms with van der Waals surface area (Å²) >= 11 is 2.86. The number of carboxylic acids is 1. The molecule has 2 atom stereocenters. The van der Waals surface area contributed by atoms with Crippen molar-refractivity contribution in [3.05, 3.63) is 35.8 Å². The summed E-state index contributed by atoms with van der Waals surface area (Å²) in [5, 5.41) is 26.5. The number of nitrogens with one attached hydrogen (secondary N) is 1. The third kappa shape index (κ3) is 3.69. The van der Waals surface area contributed by atoms with Gasteiger partial charge in [-0.25, -0.2) is 9.25 Å². The molecule has 2 aromatic rings. The number of pyridine rings is 1. The van der Waals surface area contributed by atoms with E-state index in [0.29, 0.717) is 22.2 Å². The molecule has 1 amide bonds. The van der Waals surface area contributed by atoms with Crippen molar-refractivity contribution in [2.75, 3.05) is 16.8 Å². The molecule has 1 fully saturated rings. The number of hydrogen-bond donors (Lipinski definition) is 1. The number of β-lactam (4-membered cyclic amide) rings is 1. The minimum atomic E-state index is -1.34. The molecule has 12 heteroatoms. The maximum Gasteiger partial charge on any atom is 0.253 e. The van der Waals surface area contributed by atoms with Gasteiger partial charge in [0, 0.05) is 36.4 Å². The van der Waals surface area contributed by atoms with Gasteiger partial charge in [-0.05, 0) is 22.9 Å². The van der Waals surface area contributed by atoms with Crippen LogP contribution in [0.2, 0.25) is 0 Å². The molecule has 2 aromatic heterocycles. The Morgan fingerprint density at radius 3 is 2.83 bits per heavy atom. The first-order chi connectivity index (χ1) is 14.0. The van der Waals surface area contributed by atoms with Crippen molar-refractivity contribution in [2.24, 2.45) is 7.05 Å². The van der Waals surface area contributed by atoms with Crippen LogP contribution in [0.1, 0.15) is 6.92 Å². The van der Waals surface area contributed by atoms with Gasteiger partial charge in [-0.1, -0.05) is 11.8 Å². The number of thioether (sulfide) groups is 2. The van der Waals surface area contributed by atoms with Crippen LogP contribution in [0.4, 0.5) is 5.69 Å². The summed E-state index contributed by atoms with van der Waals surface area (Å²) in [5.74, 6) is -0.734. The van der Waals surface area contributed by atoms with E-state index in [4.69, 9.17) is 0 Å². The van der Waals surface area contributed by atoms with Gasteiger partial charge >= 0.3 is 0 Å². The van der Waals surface area contributed by atoms with E-state index in [-0.39, 0.29) is 17.0 Å². The number of carbonyl (C=O) groups excluding carboxylic acids is 2. The van der Waals surface area contributed by atoms with Crippen molar-refractivity contribution in [1.82, 2.24) is 25.1 Å². The molecule has 0 unspecified atom stereocenters. The Morgan fingerprint density at radius 1 is 1.45 bits per heavy atom. The third-order valence-electron chi connectivity index (χ3n) is 4.78. The van der Waals surface area contributed by atoms with E-state index in [9.17, 15) is 14.7 Å².